The third kappa shape index (κ3) is 3.13. The Labute approximate surface area is 99.6 Å². The predicted molar refractivity (Wildman–Crippen MR) is 65.0 cm³/mol. The third-order valence-electron chi connectivity index (χ3n) is 2.90. The topological polar surface area (TPSA) is 80.1 Å². The molecule has 1 atom stereocenters. The Kier molecular flexibility index (Phi) is 3.87. The second kappa shape index (κ2) is 5.58. The van der Waals surface area contributed by atoms with Gasteiger partial charge in [0.2, 0.25) is 5.82 Å². The molecule has 1 aromatic heterocycles. The lowest BCUT2D eigenvalue weighted by Gasteiger charge is -2.16. The van der Waals surface area contributed by atoms with E-state index in [1.165, 1.54) is 6.07 Å². The summed E-state index contributed by atoms with van der Waals surface area (Å²) in [5, 5.41) is 17.3. The number of rotatable bonds is 3. The van der Waals surface area contributed by atoms with Crippen molar-refractivity contribution in [1.29, 1.82) is 0 Å². The zero-order valence-electron chi connectivity index (χ0n) is 9.56. The number of nitro groups is 1. The van der Waals surface area contributed by atoms with Gasteiger partial charge in [0.1, 0.15) is 0 Å². The molecule has 0 aliphatic carbocycles. The van der Waals surface area contributed by atoms with Gasteiger partial charge in [0, 0.05) is 18.3 Å². The first kappa shape index (κ1) is 11.8. The molecular formula is C11H16N4O2. The molecule has 0 bridgehead atoms. The zero-order valence-corrected chi connectivity index (χ0v) is 9.56. The fraction of sp³-hybridized carbons (Fsp3) is 0.545. The lowest BCUT2D eigenvalue weighted by molar-refractivity contribution is -0.384. The summed E-state index contributed by atoms with van der Waals surface area (Å²) in [7, 11) is 0. The van der Waals surface area contributed by atoms with Crippen molar-refractivity contribution < 1.29 is 4.92 Å². The highest BCUT2D eigenvalue weighted by molar-refractivity contribution is 5.55. The Bertz CT molecular complexity index is 389. The van der Waals surface area contributed by atoms with Gasteiger partial charge in [0.15, 0.2) is 0 Å². The van der Waals surface area contributed by atoms with Crippen LogP contribution in [0.1, 0.15) is 19.3 Å². The van der Waals surface area contributed by atoms with Crippen LogP contribution in [-0.2, 0) is 0 Å². The maximum atomic E-state index is 10.8. The maximum Gasteiger partial charge on any atom is 0.311 e. The van der Waals surface area contributed by atoms with Gasteiger partial charge in [-0.25, -0.2) is 4.98 Å². The van der Waals surface area contributed by atoms with Crippen LogP contribution < -0.4 is 10.6 Å². The monoisotopic (exact) mass is 236 g/mol. The second-order valence-corrected chi connectivity index (χ2v) is 4.15. The van der Waals surface area contributed by atoms with Crippen molar-refractivity contribution in [2.45, 2.75) is 25.3 Å². The molecule has 1 unspecified atom stereocenters. The van der Waals surface area contributed by atoms with Gasteiger partial charge < -0.3 is 10.6 Å². The van der Waals surface area contributed by atoms with E-state index in [4.69, 9.17) is 0 Å². The molecule has 6 nitrogen and oxygen atoms in total. The van der Waals surface area contributed by atoms with Crippen LogP contribution in [0.25, 0.3) is 0 Å². The molecule has 1 saturated heterocycles. The molecule has 2 heterocycles. The van der Waals surface area contributed by atoms with Crippen LogP contribution in [0.3, 0.4) is 0 Å². The summed E-state index contributed by atoms with van der Waals surface area (Å²) < 4.78 is 0. The largest absolute Gasteiger partial charge is 0.362 e. The summed E-state index contributed by atoms with van der Waals surface area (Å²) in [6, 6.07) is 3.32. The summed E-state index contributed by atoms with van der Waals surface area (Å²) in [5.74, 6) is 0.379. The summed E-state index contributed by atoms with van der Waals surface area (Å²) in [5.41, 5.74) is 0.0460. The fourth-order valence-corrected chi connectivity index (χ4v) is 2.01. The number of hydrogen-bond acceptors (Lipinski definition) is 5. The molecule has 17 heavy (non-hydrogen) atoms. The van der Waals surface area contributed by atoms with Crippen LogP contribution in [-0.4, -0.2) is 29.0 Å². The number of hydrogen-bond donors (Lipinski definition) is 2. The molecule has 1 aliphatic heterocycles. The minimum absolute atomic E-state index is 0.0460. The molecule has 2 N–H and O–H groups in total. The van der Waals surface area contributed by atoms with Crippen molar-refractivity contribution in [2.75, 3.05) is 18.4 Å². The molecule has 92 valence electrons. The van der Waals surface area contributed by atoms with E-state index in [2.05, 4.69) is 15.6 Å². The Balaban J connectivity index is 2.09. The van der Waals surface area contributed by atoms with Crippen molar-refractivity contribution >= 4 is 11.5 Å². The second-order valence-electron chi connectivity index (χ2n) is 4.15. The highest BCUT2D eigenvalue weighted by Crippen LogP contribution is 2.22. The first-order chi connectivity index (χ1) is 8.27. The van der Waals surface area contributed by atoms with Crippen molar-refractivity contribution in [3.05, 3.63) is 28.4 Å². The number of nitrogens with one attached hydrogen (secondary N) is 2. The normalized spacial score (nSPS) is 20.6. The Morgan fingerprint density at radius 2 is 2.35 bits per heavy atom. The summed E-state index contributed by atoms with van der Waals surface area (Å²) in [6.07, 6.45) is 4.64. The molecule has 2 rings (SSSR count). The standard InChI is InChI=1S/C11H16N4O2/c16-15(17)10-4-2-7-13-11(10)14-9-3-1-6-12-8-5-9/h2,4,7,9,12H,1,3,5-6,8H2,(H,13,14). The van der Waals surface area contributed by atoms with Crippen LogP contribution in [0, 0.1) is 10.1 Å². The minimum Gasteiger partial charge on any atom is -0.362 e. The van der Waals surface area contributed by atoms with E-state index in [-0.39, 0.29) is 11.7 Å². The van der Waals surface area contributed by atoms with E-state index in [1.807, 2.05) is 0 Å². The van der Waals surface area contributed by atoms with Crippen LogP contribution >= 0.6 is 0 Å². The van der Waals surface area contributed by atoms with Crippen molar-refractivity contribution in [3.63, 3.8) is 0 Å². The van der Waals surface area contributed by atoms with Gasteiger partial charge in [0.25, 0.3) is 0 Å². The van der Waals surface area contributed by atoms with Crippen LogP contribution in [0.2, 0.25) is 0 Å². The molecule has 1 fully saturated rings. The lowest BCUT2D eigenvalue weighted by Crippen LogP contribution is -2.22. The van der Waals surface area contributed by atoms with Crippen molar-refractivity contribution in [2.24, 2.45) is 0 Å². The highest BCUT2D eigenvalue weighted by Gasteiger charge is 2.18. The molecule has 0 amide bonds. The minimum atomic E-state index is -0.399. The van der Waals surface area contributed by atoms with Gasteiger partial charge >= 0.3 is 5.69 Å². The first-order valence-electron chi connectivity index (χ1n) is 5.84. The van der Waals surface area contributed by atoms with Gasteiger partial charge in [-0.05, 0) is 38.4 Å². The van der Waals surface area contributed by atoms with E-state index >= 15 is 0 Å². The first-order valence-corrected chi connectivity index (χ1v) is 5.84. The molecular weight excluding hydrogens is 220 g/mol. The van der Waals surface area contributed by atoms with E-state index in [9.17, 15) is 10.1 Å². The van der Waals surface area contributed by atoms with Gasteiger partial charge in [-0.2, -0.15) is 0 Å². The number of aromatic nitrogens is 1. The number of pyridine rings is 1. The van der Waals surface area contributed by atoms with Crippen LogP contribution in [0.15, 0.2) is 18.3 Å². The van der Waals surface area contributed by atoms with E-state index in [0.29, 0.717) is 5.82 Å². The molecule has 1 aliphatic rings. The maximum absolute atomic E-state index is 10.8. The van der Waals surface area contributed by atoms with Gasteiger partial charge in [0.05, 0.1) is 4.92 Å². The molecule has 0 saturated carbocycles. The number of anilines is 1. The SMILES string of the molecule is O=[N+]([O-])c1cccnc1NC1CCCNCC1. The summed E-state index contributed by atoms with van der Waals surface area (Å²) in [6.45, 7) is 1.96. The van der Waals surface area contributed by atoms with Crippen molar-refractivity contribution in [3.8, 4) is 0 Å². The fourth-order valence-electron chi connectivity index (χ4n) is 2.01. The number of nitrogens with zero attached hydrogens (tertiary/aromatic N) is 2. The highest BCUT2D eigenvalue weighted by atomic mass is 16.6. The Morgan fingerprint density at radius 3 is 3.18 bits per heavy atom. The van der Waals surface area contributed by atoms with Gasteiger partial charge in [-0.1, -0.05) is 0 Å². The van der Waals surface area contributed by atoms with Crippen LogP contribution in [0.5, 0.6) is 0 Å². The van der Waals surface area contributed by atoms with E-state index in [0.717, 1.165) is 32.4 Å². The molecule has 0 aromatic carbocycles. The third-order valence-corrected chi connectivity index (χ3v) is 2.90. The molecule has 0 radical (unpaired) electrons. The van der Waals surface area contributed by atoms with Gasteiger partial charge in [-0.3, -0.25) is 10.1 Å². The zero-order chi connectivity index (χ0) is 12.1. The van der Waals surface area contributed by atoms with Gasteiger partial charge in [-0.15, -0.1) is 0 Å². The molecule has 0 spiro atoms. The average Bonchev–Trinajstić information content (AvgIpc) is 2.58. The average molecular weight is 236 g/mol. The summed E-state index contributed by atoms with van der Waals surface area (Å²) >= 11 is 0. The lowest BCUT2D eigenvalue weighted by atomic mass is 10.1. The smallest absolute Gasteiger partial charge is 0.311 e. The van der Waals surface area contributed by atoms with E-state index in [1.54, 1.807) is 12.3 Å². The Morgan fingerprint density at radius 1 is 1.47 bits per heavy atom. The molecule has 6 heteroatoms. The predicted octanol–water partition coefficient (Wildman–Crippen LogP) is 1.54. The molecule has 1 aromatic rings. The van der Waals surface area contributed by atoms with Crippen molar-refractivity contribution in [1.82, 2.24) is 10.3 Å². The van der Waals surface area contributed by atoms with Crippen LogP contribution in [0.4, 0.5) is 11.5 Å². The quantitative estimate of drug-likeness (QED) is 0.614. The van der Waals surface area contributed by atoms with E-state index < -0.39 is 4.92 Å². The Hall–Kier alpha value is -1.69. The summed E-state index contributed by atoms with van der Waals surface area (Å²) in [4.78, 5) is 14.5.